The number of hydrogen-bond donors (Lipinski definition) is 2. The molecule has 0 saturated heterocycles. The highest BCUT2D eigenvalue weighted by molar-refractivity contribution is 7.92. The highest BCUT2D eigenvalue weighted by atomic mass is 32.2. The Morgan fingerprint density at radius 2 is 2.00 bits per heavy atom. The van der Waals surface area contributed by atoms with E-state index in [1.165, 1.54) is 0 Å². The van der Waals surface area contributed by atoms with E-state index in [2.05, 4.69) is 6.58 Å². The van der Waals surface area contributed by atoms with Gasteiger partial charge < -0.3 is 5.11 Å². The fourth-order valence-electron chi connectivity index (χ4n) is 1.35. The van der Waals surface area contributed by atoms with Crippen LogP contribution in [0.3, 0.4) is 0 Å². The summed E-state index contributed by atoms with van der Waals surface area (Å²) in [6.07, 6.45) is -3.66. The molecule has 0 aliphatic carbocycles. The zero-order valence-corrected chi connectivity index (χ0v) is 10.8. The molecular formula is C11H10F3NO4S. The van der Waals surface area contributed by atoms with Crippen LogP contribution in [0, 0.1) is 0 Å². The third kappa shape index (κ3) is 3.98. The van der Waals surface area contributed by atoms with Crippen molar-refractivity contribution in [2.45, 2.75) is 6.18 Å². The van der Waals surface area contributed by atoms with Crippen LogP contribution in [0.5, 0.6) is 0 Å². The van der Waals surface area contributed by atoms with Gasteiger partial charge >= 0.3 is 12.1 Å². The predicted octanol–water partition coefficient (Wildman–Crippen LogP) is 2.33. The summed E-state index contributed by atoms with van der Waals surface area (Å²) in [6, 6.07) is 1.72. The maximum absolute atomic E-state index is 12.5. The molecule has 0 heterocycles. The Hall–Kier alpha value is -2.03. The van der Waals surface area contributed by atoms with Crippen molar-refractivity contribution >= 4 is 21.7 Å². The summed E-state index contributed by atoms with van der Waals surface area (Å²) in [4.78, 5) is 10.9. The Balaban J connectivity index is 3.28. The summed E-state index contributed by atoms with van der Waals surface area (Å²) >= 11 is 0. The molecule has 0 aliphatic rings. The summed E-state index contributed by atoms with van der Waals surface area (Å²) in [6.45, 7) is 3.21. The molecule has 0 radical (unpaired) electrons. The molecule has 0 fully saturated rings. The van der Waals surface area contributed by atoms with Crippen LogP contribution < -0.4 is 4.72 Å². The molecule has 20 heavy (non-hydrogen) atoms. The molecule has 0 bridgehead atoms. The zero-order chi connectivity index (χ0) is 15.6. The minimum absolute atomic E-state index is 0.369. The van der Waals surface area contributed by atoms with Crippen molar-refractivity contribution in [2.75, 3.05) is 10.5 Å². The lowest BCUT2D eigenvalue weighted by molar-refractivity contribution is -0.137. The molecule has 0 unspecified atom stereocenters. The van der Waals surface area contributed by atoms with Crippen LogP contribution in [0.4, 0.5) is 18.9 Å². The topological polar surface area (TPSA) is 83.5 Å². The molecule has 9 heteroatoms. The monoisotopic (exact) mass is 309 g/mol. The van der Waals surface area contributed by atoms with Gasteiger partial charge in [-0.15, -0.1) is 6.58 Å². The van der Waals surface area contributed by atoms with Gasteiger partial charge in [-0.2, -0.15) is 13.2 Å². The first kappa shape index (κ1) is 16.0. The van der Waals surface area contributed by atoms with E-state index in [0.29, 0.717) is 12.1 Å². The second kappa shape index (κ2) is 5.53. The van der Waals surface area contributed by atoms with E-state index in [9.17, 15) is 26.4 Å². The van der Waals surface area contributed by atoms with Gasteiger partial charge in [0, 0.05) is 0 Å². The third-order valence-corrected chi connectivity index (χ3v) is 3.39. The van der Waals surface area contributed by atoms with Gasteiger partial charge in [-0.05, 0) is 18.2 Å². The number of rotatable bonds is 5. The number of carboxylic acid groups (broad SMARTS) is 1. The van der Waals surface area contributed by atoms with Gasteiger partial charge in [0.1, 0.15) is 0 Å². The first-order chi connectivity index (χ1) is 9.07. The molecule has 1 aromatic rings. The minimum Gasteiger partial charge on any atom is -0.478 e. The van der Waals surface area contributed by atoms with Gasteiger partial charge in [0.25, 0.3) is 0 Å². The number of nitrogens with one attached hydrogen (secondary N) is 1. The first-order valence-electron chi connectivity index (χ1n) is 5.13. The number of benzene rings is 1. The van der Waals surface area contributed by atoms with Crippen LogP contribution in [0.15, 0.2) is 30.9 Å². The van der Waals surface area contributed by atoms with E-state index in [0.717, 1.165) is 12.1 Å². The van der Waals surface area contributed by atoms with E-state index in [1.807, 2.05) is 4.72 Å². The molecule has 2 N–H and O–H groups in total. The van der Waals surface area contributed by atoms with Gasteiger partial charge in [-0.1, -0.05) is 6.08 Å². The summed E-state index contributed by atoms with van der Waals surface area (Å²) in [7, 11) is -3.90. The van der Waals surface area contributed by atoms with Crippen LogP contribution in [0.25, 0.3) is 0 Å². The molecule has 0 aliphatic heterocycles. The van der Waals surface area contributed by atoms with E-state index in [1.54, 1.807) is 0 Å². The molecular weight excluding hydrogens is 299 g/mol. The highest BCUT2D eigenvalue weighted by Crippen LogP contribution is 2.32. The number of sulfonamides is 1. The molecule has 0 atom stereocenters. The molecule has 0 saturated carbocycles. The lowest BCUT2D eigenvalue weighted by atomic mass is 10.1. The molecule has 110 valence electrons. The maximum Gasteiger partial charge on any atom is 0.416 e. The fraction of sp³-hybridized carbons (Fsp3) is 0.182. The lowest BCUT2D eigenvalue weighted by Gasteiger charge is -2.12. The van der Waals surface area contributed by atoms with Crippen molar-refractivity contribution in [1.29, 1.82) is 0 Å². The van der Waals surface area contributed by atoms with Crippen LogP contribution in [-0.2, 0) is 16.2 Å². The number of hydrogen-bond acceptors (Lipinski definition) is 3. The molecule has 0 aromatic heterocycles. The lowest BCUT2D eigenvalue weighted by Crippen LogP contribution is -2.18. The van der Waals surface area contributed by atoms with Crippen LogP contribution in [0.2, 0.25) is 0 Å². The van der Waals surface area contributed by atoms with Crippen molar-refractivity contribution in [3.8, 4) is 0 Å². The first-order valence-corrected chi connectivity index (χ1v) is 6.78. The predicted molar refractivity (Wildman–Crippen MR) is 66.0 cm³/mol. The summed E-state index contributed by atoms with van der Waals surface area (Å²) in [5, 5.41) is 8.86. The normalized spacial score (nSPS) is 11.9. The number of alkyl halides is 3. The highest BCUT2D eigenvalue weighted by Gasteiger charge is 2.32. The Morgan fingerprint density at radius 1 is 1.40 bits per heavy atom. The Morgan fingerprint density at radius 3 is 2.45 bits per heavy atom. The molecule has 5 nitrogen and oxygen atoms in total. The maximum atomic E-state index is 12.5. The number of carbonyl (C=O) groups is 1. The second-order valence-corrected chi connectivity index (χ2v) is 5.50. The van der Waals surface area contributed by atoms with Crippen molar-refractivity contribution in [3.63, 3.8) is 0 Å². The summed E-state index contributed by atoms with van der Waals surface area (Å²) in [5.74, 6) is -2.17. The minimum atomic E-state index is -4.72. The zero-order valence-electron chi connectivity index (χ0n) is 9.94. The molecule has 0 amide bonds. The van der Waals surface area contributed by atoms with Crippen LogP contribution in [-0.4, -0.2) is 25.2 Å². The quantitative estimate of drug-likeness (QED) is 0.818. The Bertz CT molecular complexity index is 638. The fourth-order valence-corrected chi connectivity index (χ4v) is 2.26. The van der Waals surface area contributed by atoms with Gasteiger partial charge in [-0.25, -0.2) is 13.2 Å². The largest absolute Gasteiger partial charge is 0.478 e. The van der Waals surface area contributed by atoms with E-state index in [-0.39, 0.29) is 0 Å². The van der Waals surface area contributed by atoms with Gasteiger partial charge in [0.2, 0.25) is 10.0 Å². The van der Waals surface area contributed by atoms with E-state index in [4.69, 9.17) is 5.11 Å². The van der Waals surface area contributed by atoms with Gasteiger partial charge in [0.05, 0.1) is 22.6 Å². The van der Waals surface area contributed by atoms with Crippen molar-refractivity contribution in [1.82, 2.24) is 0 Å². The Kier molecular flexibility index (Phi) is 4.43. The number of carboxylic acids is 1. The molecule has 0 spiro atoms. The van der Waals surface area contributed by atoms with E-state index >= 15 is 0 Å². The summed E-state index contributed by atoms with van der Waals surface area (Å²) in [5.41, 5.74) is -2.40. The second-order valence-electron chi connectivity index (χ2n) is 3.74. The molecule has 1 aromatic carbocycles. The number of anilines is 1. The summed E-state index contributed by atoms with van der Waals surface area (Å²) < 4.78 is 62.2. The van der Waals surface area contributed by atoms with E-state index < -0.39 is 44.7 Å². The average Bonchev–Trinajstić information content (AvgIpc) is 2.26. The van der Waals surface area contributed by atoms with Crippen molar-refractivity contribution in [2.24, 2.45) is 0 Å². The van der Waals surface area contributed by atoms with Crippen molar-refractivity contribution in [3.05, 3.63) is 42.0 Å². The smallest absolute Gasteiger partial charge is 0.416 e. The number of aromatic carboxylic acids is 1. The van der Waals surface area contributed by atoms with Crippen LogP contribution >= 0.6 is 0 Å². The third-order valence-electron chi connectivity index (χ3n) is 2.18. The average molecular weight is 309 g/mol. The molecule has 1 rings (SSSR count). The number of halogens is 3. The standard InChI is InChI=1S/C11H10F3NO4S/c1-2-5-20(18,19)15-9-4-3-7(11(12,13)14)6-8(9)10(16)17/h2-4,6,15H,1,5H2,(H,16,17). The van der Waals surface area contributed by atoms with Gasteiger partial charge in [0.15, 0.2) is 0 Å². The SMILES string of the molecule is C=CCS(=O)(=O)Nc1ccc(C(F)(F)F)cc1C(=O)O. The van der Waals surface area contributed by atoms with Gasteiger partial charge in [-0.3, -0.25) is 4.72 Å². The van der Waals surface area contributed by atoms with Crippen LogP contribution in [0.1, 0.15) is 15.9 Å². The van der Waals surface area contributed by atoms with Crippen molar-refractivity contribution < 1.29 is 31.5 Å². The Labute approximate surface area is 112 Å².